The smallest absolute Gasteiger partial charge is 0.0398 e. The summed E-state index contributed by atoms with van der Waals surface area (Å²) in [6.07, 6.45) is 8.39. The molecule has 0 spiro atoms. The van der Waals surface area contributed by atoms with E-state index in [1.807, 2.05) is 32.0 Å². The van der Waals surface area contributed by atoms with E-state index in [1.54, 1.807) is 0 Å². The molecule has 1 aliphatic rings. The first-order chi connectivity index (χ1) is 9.22. The molecule has 0 aliphatic heterocycles. The summed E-state index contributed by atoms with van der Waals surface area (Å²) in [5.74, 6) is 0. The minimum Gasteiger partial charge on any atom is -0.0683 e. The Labute approximate surface area is 123 Å². The topological polar surface area (TPSA) is 0 Å². The molecule has 0 nitrogen and oxygen atoms in total. The van der Waals surface area contributed by atoms with Gasteiger partial charge in [-0.1, -0.05) is 116 Å². The largest absolute Gasteiger partial charge is 0.0683 e. The fraction of sp³-hybridized carbons (Fsp3) is 0.684. The molecule has 1 aliphatic carbocycles. The lowest BCUT2D eigenvalue weighted by molar-refractivity contribution is 0.886. The van der Waals surface area contributed by atoms with Gasteiger partial charge < -0.3 is 0 Å². The number of rotatable bonds is 1. The van der Waals surface area contributed by atoms with Crippen LogP contribution >= 0.6 is 0 Å². The predicted octanol–water partition coefficient (Wildman–Crippen LogP) is 7.41. The maximum absolute atomic E-state index is 2.18. The molecule has 0 heteroatoms. The zero-order valence-corrected chi connectivity index (χ0v) is 14.6. The van der Waals surface area contributed by atoms with Gasteiger partial charge in [0.2, 0.25) is 0 Å². The molecule has 2 rings (SSSR count). The summed E-state index contributed by atoms with van der Waals surface area (Å²) < 4.78 is 0. The first-order valence-electron chi connectivity index (χ1n) is 8.24. The van der Waals surface area contributed by atoms with Crippen molar-refractivity contribution < 1.29 is 0 Å². The monoisotopic (exact) mass is 266 g/mol. The summed E-state index contributed by atoms with van der Waals surface area (Å²) in [6, 6.07) is 10.3. The highest BCUT2D eigenvalue weighted by molar-refractivity contribution is 5.11. The van der Waals surface area contributed by atoms with Gasteiger partial charge in [0.05, 0.1) is 0 Å². The summed E-state index contributed by atoms with van der Waals surface area (Å²) in [7, 11) is 0. The lowest BCUT2D eigenvalue weighted by Gasteiger charge is -1.82. The maximum Gasteiger partial charge on any atom is -0.0398 e. The molecule has 0 bridgehead atoms. The minimum absolute atomic E-state index is 1.25. The second-order valence-corrected chi connectivity index (χ2v) is 4.42. The summed E-state index contributed by atoms with van der Waals surface area (Å²) in [5.41, 5.74) is 1.32. The van der Waals surface area contributed by atoms with Gasteiger partial charge in [0.25, 0.3) is 0 Å². The van der Waals surface area contributed by atoms with E-state index in [0.29, 0.717) is 0 Å². The molecule has 0 unspecified atom stereocenters. The Kier molecular flexibility index (Phi) is 31.8. The molecule has 0 radical (unpaired) electrons. The average Bonchev–Trinajstić information content (AvgIpc) is 3.31. The van der Waals surface area contributed by atoms with Crippen molar-refractivity contribution in [1.29, 1.82) is 0 Å². The summed E-state index contributed by atoms with van der Waals surface area (Å²) in [5, 5.41) is 0. The van der Waals surface area contributed by atoms with E-state index in [-0.39, 0.29) is 0 Å². The minimum atomic E-state index is 1.25. The number of benzene rings is 1. The first-order valence-corrected chi connectivity index (χ1v) is 8.24. The molecule has 19 heavy (non-hydrogen) atoms. The van der Waals surface area contributed by atoms with Crippen LogP contribution in [-0.4, -0.2) is 0 Å². The van der Waals surface area contributed by atoms with Gasteiger partial charge in [-0.3, -0.25) is 0 Å². The Morgan fingerprint density at radius 1 is 0.737 bits per heavy atom. The fourth-order valence-electron chi connectivity index (χ4n) is 0.534. The third-order valence-corrected chi connectivity index (χ3v) is 1.79. The van der Waals surface area contributed by atoms with E-state index in [9.17, 15) is 0 Å². The molecule has 114 valence electrons. The highest BCUT2D eigenvalue weighted by atomic mass is 14.0. The van der Waals surface area contributed by atoms with Crippen LogP contribution in [0.2, 0.25) is 0 Å². The number of aryl methyl sites for hydroxylation is 1. The molecule has 1 aromatic rings. The van der Waals surface area contributed by atoms with Gasteiger partial charge in [0.1, 0.15) is 0 Å². The van der Waals surface area contributed by atoms with E-state index in [2.05, 4.69) is 46.8 Å². The zero-order chi connectivity index (χ0) is 15.4. The Balaban J connectivity index is -0.000000185. The Bertz CT molecular complexity index is 194. The standard InChI is InChI=1S/C7H8.C4H10.C3H6.C3H8.C2H6/c1-7-5-3-2-4-6-7;1-3-4-2;1-2-3-1;1-3-2;1-2/h2-6H,1H3;3-4H2,1-2H3;1-3H2;3H2,1-2H3;1-2H3. The van der Waals surface area contributed by atoms with E-state index >= 15 is 0 Å². The van der Waals surface area contributed by atoms with E-state index in [1.165, 1.54) is 44.1 Å². The van der Waals surface area contributed by atoms with Crippen molar-refractivity contribution in [2.45, 2.75) is 87.0 Å². The summed E-state index contributed by atoms with van der Waals surface area (Å²) >= 11 is 0. The van der Waals surface area contributed by atoms with Crippen LogP contribution in [0, 0.1) is 6.92 Å². The van der Waals surface area contributed by atoms with Gasteiger partial charge in [-0.15, -0.1) is 0 Å². The quantitative estimate of drug-likeness (QED) is 0.496. The summed E-state index contributed by atoms with van der Waals surface area (Å²) in [6.45, 7) is 14.7. The van der Waals surface area contributed by atoms with Gasteiger partial charge in [-0.25, -0.2) is 0 Å². The van der Waals surface area contributed by atoms with Crippen LogP contribution in [0.5, 0.6) is 0 Å². The molecule has 1 aromatic carbocycles. The van der Waals surface area contributed by atoms with Crippen LogP contribution in [0.25, 0.3) is 0 Å². The van der Waals surface area contributed by atoms with E-state index < -0.39 is 0 Å². The van der Waals surface area contributed by atoms with Crippen molar-refractivity contribution in [2.24, 2.45) is 0 Å². The molecule has 0 aromatic heterocycles. The average molecular weight is 267 g/mol. The van der Waals surface area contributed by atoms with Gasteiger partial charge >= 0.3 is 0 Å². The van der Waals surface area contributed by atoms with Gasteiger partial charge in [-0.05, 0) is 6.92 Å². The molecule has 0 N–H and O–H groups in total. The maximum atomic E-state index is 2.18. The van der Waals surface area contributed by atoms with Crippen molar-refractivity contribution in [2.75, 3.05) is 0 Å². The predicted molar refractivity (Wildman–Crippen MR) is 92.9 cm³/mol. The Morgan fingerprint density at radius 2 is 1.05 bits per heavy atom. The summed E-state index contributed by atoms with van der Waals surface area (Å²) in [4.78, 5) is 0. The third-order valence-electron chi connectivity index (χ3n) is 1.79. The normalized spacial score (nSPS) is 9.84. The second kappa shape index (κ2) is 25.9. The van der Waals surface area contributed by atoms with Crippen molar-refractivity contribution in [3.05, 3.63) is 35.9 Å². The van der Waals surface area contributed by atoms with Crippen LogP contribution in [0.15, 0.2) is 30.3 Å². The first kappa shape index (κ1) is 23.3. The van der Waals surface area contributed by atoms with E-state index in [0.717, 1.165) is 0 Å². The lowest BCUT2D eigenvalue weighted by atomic mass is 10.2. The van der Waals surface area contributed by atoms with Crippen molar-refractivity contribution >= 4 is 0 Å². The van der Waals surface area contributed by atoms with Gasteiger partial charge in [0.15, 0.2) is 0 Å². The lowest BCUT2D eigenvalue weighted by Crippen LogP contribution is -1.62. The van der Waals surface area contributed by atoms with Gasteiger partial charge in [0, 0.05) is 0 Å². The molecule has 0 amide bonds. The molecule has 1 saturated carbocycles. The molecule has 1 fully saturated rings. The van der Waals surface area contributed by atoms with Crippen LogP contribution in [-0.2, 0) is 0 Å². The Morgan fingerprint density at radius 3 is 1.16 bits per heavy atom. The van der Waals surface area contributed by atoms with Crippen molar-refractivity contribution in [3.8, 4) is 0 Å². The number of hydrogen-bond donors (Lipinski definition) is 0. The Hall–Kier alpha value is -0.780. The third kappa shape index (κ3) is 46.9. The van der Waals surface area contributed by atoms with Crippen LogP contribution < -0.4 is 0 Å². The van der Waals surface area contributed by atoms with Crippen LogP contribution in [0.3, 0.4) is 0 Å². The van der Waals surface area contributed by atoms with E-state index in [4.69, 9.17) is 0 Å². The van der Waals surface area contributed by atoms with Gasteiger partial charge in [-0.2, -0.15) is 0 Å². The molecule has 0 heterocycles. The van der Waals surface area contributed by atoms with Crippen LogP contribution in [0.4, 0.5) is 0 Å². The van der Waals surface area contributed by atoms with Crippen molar-refractivity contribution in [3.63, 3.8) is 0 Å². The number of hydrogen-bond acceptors (Lipinski definition) is 0. The molecular weight excluding hydrogens is 228 g/mol. The second-order valence-electron chi connectivity index (χ2n) is 4.42. The molecule has 0 atom stereocenters. The van der Waals surface area contributed by atoms with Crippen molar-refractivity contribution in [1.82, 2.24) is 0 Å². The number of unbranched alkanes of at least 4 members (excludes halogenated alkanes) is 1. The molecule has 0 saturated heterocycles. The fourth-order valence-corrected chi connectivity index (χ4v) is 0.534. The highest BCUT2D eigenvalue weighted by Crippen LogP contribution is 2.14. The molecular formula is C19H38. The highest BCUT2D eigenvalue weighted by Gasteiger charge is 1.95. The SMILES string of the molecule is C1CC1.CC.CCC.CCCC.Cc1ccccc1. The van der Waals surface area contributed by atoms with Crippen LogP contribution in [0.1, 0.15) is 85.6 Å². The zero-order valence-electron chi connectivity index (χ0n) is 14.6.